The molecule has 0 aromatic rings. The van der Waals surface area contributed by atoms with Crippen LogP contribution in [0, 0.1) is 0 Å². The van der Waals surface area contributed by atoms with Crippen molar-refractivity contribution in [3.8, 4) is 0 Å². The fourth-order valence-electron chi connectivity index (χ4n) is 3.74. The van der Waals surface area contributed by atoms with Crippen molar-refractivity contribution in [2.24, 2.45) is 0 Å². The molecule has 2 heterocycles. The van der Waals surface area contributed by atoms with Crippen molar-refractivity contribution in [2.45, 2.75) is 44.2 Å². The number of rotatable bonds is 2. The van der Waals surface area contributed by atoms with Crippen molar-refractivity contribution >= 4 is 5.91 Å². The van der Waals surface area contributed by atoms with Crippen LogP contribution in [-0.2, 0) is 9.53 Å². The summed E-state index contributed by atoms with van der Waals surface area (Å²) in [5.74, 6) is 0.305. The minimum Gasteiger partial charge on any atom is -0.375 e. The number of amides is 1. The first-order valence-corrected chi connectivity index (χ1v) is 8.19. The van der Waals surface area contributed by atoms with Gasteiger partial charge >= 0.3 is 0 Å². The lowest BCUT2D eigenvalue weighted by Crippen LogP contribution is -2.55. The fraction of sp³-hybridized carbons (Fsp3) is 0.933. The van der Waals surface area contributed by atoms with Gasteiger partial charge in [0.1, 0.15) is 0 Å². The standard InChI is InChI=1S/C15H27N3O2/c19-15(17-8-3-6-16-7-9-17)12-18-10-11-20-14-5-2-1-4-13(14)18/h13-14,16H,1-12H2. The lowest BCUT2D eigenvalue weighted by molar-refractivity contribution is -0.138. The van der Waals surface area contributed by atoms with E-state index in [1.165, 1.54) is 25.7 Å². The second kappa shape index (κ2) is 6.87. The molecular weight excluding hydrogens is 254 g/mol. The molecule has 3 aliphatic rings. The third-order valence-corrected chi connectivity index (χ3v) is 4.88. The maximum absolute atomic E-state index is 12.5. The molecule has 0 aromatic carbocycles. The molecule has 5 nitrogen and oxygen atoms in total. The predicted octanol–water partition coefficient (Wildman–Crippen LogP) is 0.452. The Morgan fingerprint density at radius 3 is 2.95 bits per heavy atom. The van der Waals surface area contributed by atoms with Crippen molar-refractivity contribution < 1.29 is 9.53 Å². The minimum absolute atomic E-state index is 0.305. The maximum atomic E-state index is 12.5. The molecule has 1 amide bonds. The Kier molecular flexibility index (Phi) is 4.91. The second-order valence-corrected chi connectivity index (χ2v) is 6.22. The molecule has 3 rings (SSSR count). The van der Waals surface area contributed by atoms with Gasteiger partial charge < -0.3 is 15.0 Å². The molecule has 2 atom stereocenters. The molecule has 2 aliphatic heterocycles. The summed E-state index contributed by atoms with van der Waals surface area (Å²) in [4.78, 5) is 16.9. The number of carbonyl (C=O) groups excluding carboxylic acids is 1. The summed E-state index contributed by atoms with van der Waals surface area (Å²) in [6.07, 6.45) is 6.36. The topological polar surface area (TPSA) is 44.8 Å². The van der Waals surface area contributed by atoms with E-state index in [1.807, 2.05) is 4.90 Å². The Morgan fingerprint density at radius 1 is 1.10 bits per heavy atom. The Bertz CT molecular complexity index is 327. The van der Waals surface area contributed by atoms with Crippen molar-refractivity contribution in [1.82, 2.24) is 15.1 Å². The van der Waals surface area contributed by atoms with Crippen LogP contribution in [0.3, 0.4) is 0 Å². The van der Waals surface area contributed by atoms with Crippen LogP contribution in [-0.4, -0.2) is 73.7 Å². The highest BCUT2D eigenvalue weighted by Gasteiger charge is 2.35. The first kappa shape index (κ1) is 14.3. The fourth-order valence-corrected chi connectivity index (χ4v) is 3.74. The van der Waals surface area contributed by atoms with Crippen LogP contribution < -0.4 is 5.32 Å². The van der Waals surface area contributed by atoms with E-state index in [1.54, 1.807) is 0 Å². The summed E-state index contributed by atoms with van der Waals surface area (Å²) in [5, 5.41) is 3.35. The van der Waals surface area contributed by atoms with Gasteiger partial charge in [-0.1, -0.05) is 12.8 Å². The van der Waals surface area contributed by atoms with Crippen molar-refractivity contribution in [1.29, 1.82) is 0 Å². The van der Waals surface area contributed by atoms with E-state index >= 15 is 0 Å². The quantitative estimate of drug-likeness (QED) is 0.798. The van der Waals surface area contributed by atoms with E-state index < -0.39 is 0 Å². The van der Waals surface area contributed by atoms with Gasteiger partial charge in [0.25, 0.3) is 0 Å². The lowest BCUT2D eigenvalue weighted by atomic mass is 9.90. The molecule has 1 saturated carbocycles. The van der Waals surface area contributed by atoms with Gasteiger partial charge in [-0.3, -0.25) is 9.69 Å². The molecule has 5 heteroatoms. The highest BCUT2D eigenvalue weighted by Crippen LogP contribution is 2.28. The molecule has 1 N–H and O–H groups in total. The zero-order chi connectivity index (χ0) is 13.8. The van der Waals surface area contributed by atoms with Crippen molar-refractivity contribution in [3.63, 3.8) is 0 Å². The highest BCUT2D eigenvalue weighted by atomic mass is 16.5. The number of fused-ring (bicyclic) bond motifs is 1. The monoisotopic (exact) mass is 281 g/mol. The Balaban J connectivity index is 1.56. The van der Waals surface area contributed by atoms with E-state index in [-0.39, 0.29) is 0 Å². The van der Waals surface area contributed by atoms with Gasteiger partial charge in [-0.15, -0.1) is 0 Å². The van der Waals surface area contributed by atoms with E-state index in [0.717, 1.165) is 45.8 Å². The first-order chi connectivity index (χ1) is 9.84. The smallest absolute Gasteiger partial charge is 0.236 e. The number of nitrogens with zero attached hydrogens (tertiary/aromatic N) is 2. The van der Waals surface area contributed by atoms with Crippen LogP contribution in [0.2, 0.25) is 0 Å². The third kappa shape index (κ3) is 3.32. The van der Waals surface area contributed by atoms with Gasteiger partial charge in [-0.2, -0.15) is 0 Å². The van der Waals surface area contributed by atoms with Crippen LogP contribution in [0.15, 0.2) is 0 Å². The third-order valence-electron chi connectivity index (χ3n) is 4.88. The summed E-state index contributed by atoms with van der Waals surface area (Å²) in [6.45, 7) is 6.02. The number of ether oxygens (including phenoxy) is 1. The van der Waals surface area contributed by atoms with Gasteiger partial charge in [0, 0.05) is 32.2 Å². The number of hydrogen-bond acceptors (Lipinski definition) is 4. The van der Waals surface area contributed by atoms with Gasteiger partial charge in [0.15, 0.2) is 0 Å². The van der Waals surface area contributed by atoms with Gasteiger partial charge in [-0.05, 0) is 25.8 Å². The molecule has 20 heavy (non-hydrogen) atoms. The Labute approximate surface area is 121 Å². The Hall–Kier alpha value is -0.650. The van der Waals surface area contributed by atoms with E-state index in [0.29, 0.717) is 24.6 Å². The molecular formula is C15H27N3O2. The number of carbonyl (C=O) groups is 1. The van der Waals surface area contributed by atoms with Gasteiger partial charge in [0.05, 0.1) is 19.3 Å². The minimum atomic E-state index is 0.305. The Morgan fingerprint density at radius 2 is 2.00 bits per heavy atom. The largest absolute Gasteiger partial charge is 0.375 e. The van der Waals surface area contributed by atoms with Crippen LogP contribution in [0.25, 0.3) is 0 Å². The molecule has 0 radical (unpaired) electrons. The summed E-state index contributed by atoms with van der Waals surface area (Å²) in [5.41, 5.74) is 0. The summed E-state index contributed by atoms with van der Waals surface area (Å²) in [6, 6.07) is 0.478. The summed E-state index contributed by atoms with van der Waals surface area (Å²) in [7, 11) is 0. The molecule has 1 aliphatic carbocycles. The molecule has 2 saturated heterocycles. The van der Waals surface area contributed by atoms with Gasteiger partial charge in [0.2, 0.25) is 5.91 Å². The SMILES string of the molecule is O=C(CN1CCOC2CCCCC21)N1CCCNCC1. The molecule has 2 unspecified atom stereocenters. The molecule has 3 fully saturated rings. The first-order valence-electron chi connectivity index (χ1n) is 8.19. The molecule has 0 spiro atoms. The number of nitrogens with one attached hydrogen (secondary N) is 1. The molecule has 114 valence electrons. The average molecular weight is 281 g/mol. The maximum Gasteiger partial charge on any atom is 0.236 e. The van der Waals surface area contributed by atoms with Crippen molar-refractivity contribution in [3.05, 3.63) is 0 Å². The van der Waals surface area contributed by atoms with Gasteiger partial charge in [-0.25, -0.2) is 0 Å². The van der Waals surface area contributed by atoms with E-state index in [9.17, 15) is 4.79 Å². The zero-order valence-corrected chi connectivity index (χ0v) is 12.4. The number of hydrogen-bond donors (Lipinski definition) is 1. The van der Waals surface area contributed by atoms with E-state index in [2.05, 4.69) is 10.2 Å². The van der Waals surface area contributed by atoms with Crippen LogP contribution in [0.1, 0.15) is 32.1 Å². The van der Waals surface area contributed by atoms with Crippen LogP contribution in [0.4, 0.5) is 0 Å². The van der Waals surface area contributed by atoms with Crippen molar-refractivity contribution in [2.75, 3.05) is 45.9 Å². The van der Waals surface area contributed by atoms with Crippen LogP contribution >= 0.6 is 0 Å². The average Bonchev–Trinajstić information content (AvgIpc) is 2.77. The summed E-state index contributed by atoms with van der Waals surface area (Å²) < 4.78 is 5.88. The zero-order valence-electron chi connectivity index (χ0n) is 12.4. The van der Waals surface area contributed by atoms with E-state index in [4.69, 9.17) is 4.74 Å². The summed E-state index contributed by atoms with van der Waals surface area (Å²) >= 11 is 0. The normalized spacial score (nSPS) is 32.5. The molecule has 0 bridgehead atoms. The molecule has 0 aromatic heterocycles. The second-order valence-electron chi connectivity index (χ2n) is 6.22. The highest BCUT2D eigenvalue weighted by molar-refractivity contribution is 5.78. The number of morpholine rings is 1. The van der Waals surface area contributed by atoms with Crippen LogP contribution in [0.5, 0.6) is 0 Å². The predicted molar refractivity (Wildman–Crippen MR) is 77.6 cm³/mol. The lowest BCUT2D eigenvalue weighted by Gasteiger charge is -2.44.